The number of benzene rings is 2. The van der Waals surface area contributed by atoms with Crippen LogP contribution in [0.5, 0.6) is 0 Å². The fourth-order valence-corrected chi connectivity index (χ4v) is 3.64. The molecule has 0 saturated carbocycles. The van der Waals surface area contributed by atoms with Crippen LogP contribution in [0.3, 0.4) is 0 Å². The van der Waals surface area contributed by atoms with Gasteiger partial charge in [-0.2, -0.15) is 0 Å². The van der Waals surface area contributed by atoms with E-state index in [4.69, 9.17) is 4.52 Å². The molecule has 2 N–H and O–H groups in total. The number of para-hydroxylation sites is 1. The second-order valence-electron chi connectivity index (χ2n) is 6.27. The lowest BCUT2D eigenvalue weighted by molar-refractivity contribution is 0.189. The molecular weight excluding hydrogens is 422 g/mol. The minimum Gasteiger partial charge on any atom is -0.465 e. The predicted molar refractivity (Wildman–Crippen MR) is 109 cm³/mol. The fraction of sp³-hybridized carbons (Fsp3) is 0.0952. The van der Waals surface area contributed by atoms with Crippen molar-refractivity contribution in [3.05, 3.63) is 82.6 Å². The van der Waals surface area contributed by atoms with Crippen molar-refractivity contribution in [2.24, 2.45) is 0 Å². The number of aromatic nitrogens is 2. The van der Waals surface area contributed by atoms with Gasteiger partial charge in [0.15, 0.2) is 5.58 Å². The molecule has 0 spiro atoms. The number of amides is 1. The summed E-state index contributed by atoms with van der Waals surface area (Å²) in [6, 6.07) is 20.3. The van der Waals surface area contributed by atoms with Gasteiger partial charge in [-0.1, -0.05) is 47.6 Å². The van der Waals surface area contributed by atoms with Gasteiger partial charge >= 0.3 is 6.09 Å². The van der Waals surface area contributed by atoms with Crippen LogP contribution >= 0.6 is 15.9 Å². The summed E-state index contributed by atoms with van der Waals surface area (Å²) in [6.45, 7) is 0. The number of halogens is 1. The van der Waals surface area contributed by atoms with Gasteiger partial charge in [0.2, 0.25) is 0 Å². The number of nitrogens with zero attached hydrogens (tertiary/aromatic N) is 2. The van der Waals surface area contributed by atoms with Crippen LogP contribution < -0.4 is 5.32 Å². The Balaban J connectivity index is 1.80. The van der Waals surface area contributed by atoms with Crippen LogP contribution in [0.2, 0.25) is 0 Å². The van der Waals surface area contributed by atoms with Crippen LogP contribution in [0.15, 0.2) is 75.9 Å². The molecule has 1 amide bonds. The molecule has 0 unspecified atom stereocenters. The summed E-state index contributed by atoms with van der Waals surface area (Å²) in [5.74, 6) is 0. The van der Waals surface area contributed by atoms with E-state index in [9.17, 15) is 9.90 Å². The molecule has 1 atom stereocenters. The zero-order valence-corrected chi connectivity index (χ0v) is 16.3. The zero-order valence-electron chi connectivity index (χ0n) is 14.7. The molecule has 0 aliphatic rings. The highest BCUT2D eigenvalue weighted by atomic mass is 79.9. The van der Waals surface area contributed by atoms with Gasteiger partial charge in [0.25, 0.3) is 0 Å². The fourth-order valence-electron chi connectivity index (χ4n) is 3.26. The topological polar surface area (TPSA) is 88.2 Å². The quantitative estimate of drug-likeness (QED) is 0.418. The lowest BCUT2D eigenvalue weighted by Gasteiger charge is -2.20. The van der Waals surface area contributed by atoms with Gasteiger partial charge in [-0.15, -0.1) is 0 Å². The van der Waals surface area contributed by atoms with Crippen LogP contribution in [-0.4, -0.2) is 21.3 Å². The Labute approximate surface area is 169 Å². The summed E-state index contributed by atoms with van der Waals surface area (Å²) in [4.78, 5) is 15.9. The van der Waals surface area contributed by atoms with Gasteiger partial charge in [0.1, 0.15) is 10.3 Å². The Morgan fingerprint density at radius 2 is 1.86 bits per heavy atom. The molecule has 0 radical (unpaired) electrons. The van der Waals surface area contributed by atoms with Crippen LogP contribution in [-0.2, 0) is 6.42 Å². The lowest BCUT2D eigenvalue weighted by atomic mass is 9.93. The zero-order chi connectivity index (χ0) is 19.5. The number of nitrogens with one attached hydrogen (secondary N) is 1. The van der Waals surface area contributed by atoms with Gasteiger partial charge in [0.05, 0.1) is 6.04 Å². The maximum atomic E-state index is 11.5. The molecule has 28 heavy (non-hydrogen) atoms. The third kappa shape index (κ3) is 3.75. The number of hydrogen-bond donors (Lipinski definition) is 2. The highest BCUT2D eigenvalue weighted by molar-refractivity contribution is 9.10. The Morgan fingerprint density at radius 1 is 1.07 bits per heavy atom. The molecule has 2 aromatic carbocycles. The Morgan fingerprint density at radius 3 is 2.68 bits per heavy atom. The Bertz CT molecular complexity index is 1140. The van der Waals surface area contributed by atoms with E-state index < -0.39 is 12.1 Å². The van der Waals surface area contributed by atoms with Gasteiger partial charge < -0.3 is 14.9 Å². The molecule has 140 valence electrons. The van der Waals surface area contributed by atoms with Crippen LogP contribution in [0.25, 0.3) is 22.2 Å². The first kappa shape index (κ1) is 18.2. The van der Waals surface area contributed by atoms with E-state index in [0.29, 0.717) is 22.3 Å². The van der Waals surface area contributed by atoms with Crippen molar-refractivity contribution in [2.45, 2.75) is 12.5 Å². The van der Waals surface area contributed by atoms with E-state index in [1.165, 1.54) is 0 Å². The van der Waals surface area contributed by atoms with Gasteiger partial charge in [0, 0.05) is 23.1 Å². The first-order valence-electron chi connectivity index (χ1n) is 8.66. The second-order valence-corrected chi connectivity index (χ2v) is 7.08. The molecule has 2 heterocycles. The third-order valence-corrected chi connectivity index (χ3v) is 4.89. The van der Waals surface area contributed by atoms with Crippen molar-refractivity contribution in [1.29, 1.82) is 0 Å². The maximum Gasteiger partial charge on any atom is 0.405 e. The van der Waals surface area contributed by atoms with E-state index >= 15 is 0 Å². The summed E-state index contributed by atoms with van der Waals surface area (Å²) < 4.78 is 6.15. The molecule has 4 rings (SSSR count). The van der Waals surface area contributed by atoms with Crippen molar-refractivity contribution in [3.63, 3.8) is 0 Å². The summed E-state index contributed by atoms with van der Waals surface area (Å²) in [7, 11) is 0. The van der Waals surface area contributed by atoms with E-state index in [1.807, 2.05) is 66.7 Å². The molecule has 6 nitrogen and oxygen atoms in total. The standard InChI is InChI=1S/C21H16BrN3O3/c22-19-11-5-6-13(23-19)12-17(24-21(26)27)14-7-1-2-8-15(14)20-16-9-3-4-10-18(16)28-25-20/h1-11,17,24H,12H2,(H,26,27)/t17-/m0/s1. The number of hydrogen-bond acceptors (Lipinski definition) is 4. The SMILES string of the molecule is O=C(O)N[C@@H](Cc1cccc(Br)n1)c1ccccc1-c1noc2ccccc12. The first-order valence-corrected chi connectivity index (χ1v) is 9.46. The molecule has 0 aliphatic heterocycles. The number of fused-ring (bicyclic) bond motifs is 1. The van der Waals surface area contributed by atoms with Crippen molar-refractivity contribution >= 4 is 33.0 Å². The van der Waals surface area contributed by atoms with E-state index in [2.05, 4.69) is 31.4 Å². The number of rotatable bonds is 5. The summed E-state index contributed by atoms with van der Waals surface area (Å²) in [6.07, 6.45) is -0.696. The van der Waals surface area contributed by atoms with Crippen LogP contribution in [0.4, 0.5) is 4.79 Å². The molecule has 0 aliphatic carbocycles. The number of pyridine rings is 1. The second kappa shape index (κ2) is 7.82. The van der Waals surface area contributed by atoms with Gasteiger partial charge in [-0.3, -0.25) is 0 Å². The Hall–Kier alpha value is -3.19. The minimum absolute atomic E-state index is 0.401. The predicted octanol–water partition coefficient (Wildman–Crippen LogP) is 5.20. The average Bonchev–Trinajstić information content (AvgIpc) is 3.11. The summed E-state index contributed by atoms with van der Waals surface area (Å²) >= 11 is 3.36. The monoisotopic (exact) mass is 437 g/mol. The van der Waals surface area contributed by atoms with Gasteiger partial charge in [-0.05, 0) is 45.8 Å². The molecule has 7 heteroatoms. The molecular formula is C21H16BrN3O3. The largest absolute Gasteiger partial charge is 0.465 e. The van der Waals surface area contributed by atoms with Crippen molar-refractivity contribution < 1.29 is 14.4 Å². The summed E-state index contributed by atoms with van der Waals surface area (Å²) in [5.41, 5.74) is 3.77. The minimum atomic E-state index is -1.10. The van der Waals surface area contributed by atoms with Crippen LogP contribution in [0, 0.1) is 0 Å². The Kier molecular flexibility index (Phi) is 5.08. The van der Waals surface area contributed by atoms with E-state index in [-0.39, 0.29) is 0 Å². The van der Waals surface area contributed by atoms with Crippen molar-refractivity contribution in [1.82, 2.24) is 15.5 Å². The molecule has 4 aromatic rings. The molecule has 0 saturated heterocycles. The smallest absolute Gasteiger partial charge is 0.405 e. The lowest BCUT2D eigenvalue weighted by Crippen LogP contribution is -2.29. The average molecular weight is 438 g/mol. The van der Waals surface area contributed by atoms with Gasteiger partial charge in [-0.25, -0.2) is 9.78 Å². The first-order chi connectivity index (χ1) is 13.6. The molecule has 0 fully saturated rings. The van der Waals surface area contributed by atoms with Crippen LogP contribution in [0.1, 0.15) is 17.3 Å². The number of carbonyl (C=O) groups is 1. The van der Waals surface area contributed by atoms with E-state index in [0.717, 1.165) is 22.2 Å². The van der Waals surface area contributed by atoms with Crippen molar-refractivity contribution in [3.8, 4) is 11.3 Å². The van der Waals surface area contributed by atoms with E-state index in [1.54, 1.807) is 0 Å². The molecule has 2 aromatic heterocycles. The third-order valence-electron chi connectivity index (χ3n) is 4.45. The highest BCUT2D eigenvalue weighted by Gasteiger charge is 2.22. The number of carboxylic acid groups (broad SMARTS) is 1. The molecule has 0 bridgehead atoms. The summed E-state index contributed by atoms with van der Waals surface area (Å²) in [5, 5.41) is 17.1. The van der Waals surface area contributed by atoms with Crippen molar-refractivity contribution in [2.75, 3.05) is 0 Å². The normalized spacial score (nSPS) is 12.0. The highest BCUT2D eigenvalue weighted by Crippen LogP contribution is 2.34. The maximum absolute atomic E-state index is 11.5.